The van der Waals surface area contributed by atoms with Gasteiger partial charge in [0, 0.05) is 5.56 Å². The number of benzene rings is 2. The number of phenols is 1. The van der Waals surface area contributed by atoms with E-state index in [0.29, 0.717) is 17.9 Å². The Morgan fingerprint density at radius 2 is 2.04 bits per heavy atom. The van der Waals surface area contributed by atoms with E-state index >= 15 is 0 Å². The number of hydrogen-bond donors (Lipinski definition) is 2. The van der Waals surface area contributed by atoms with Crippen LogP contribution in [0.5, 0.6) is 11.5 Å². The first-order chi connectivity index (χ1) is 11.5. The Morgan fingerprint density at radius 1 is 1.25 bits per heavy atom. The number of aryl methyl sites for hydroxylation is 2. The molecule has 0 spiro atoms. The highest BCUT2D eigenvalue weighted by molar-refractivity contribution is 5.86. The first kappa shape index (κ1) is 17.5. The van der Waals surface area contributed by atoms with Gasteiger partial charge in [0.15, 0.2) is 0 Å². The quantitative estimate of drug-likeness (QED) is 0.633. The molecule has 0 heterocycles. The molecular weight excluding hydrogens is 304 g/mol. The average molecular weight is 326 g/mol. The van der Waals surface area contributed by atoms with Crippen LogP contribution in [0, 0.1) is 13.8 Å². The lowest BCUT2D eigenvalue weighted by Crippen LogP contribution is -2.20. The zero-order chi connectivity index (χ0) is 17.5. The summed E-state index contributed by atoms with van der Waals surface area (Å²) in [7, 11) is 0. The number of hydrazone groups is 1. The molecule has 0 unspecified atom stereocenters. The summed E-state index contributed by atoms with van der Waals surface area (Å²) in [5.74, 6) is 0.503. The fraction of sp³-hybridized carbons (Fsp3) is 0.263. The molecule has 0 saturated heterocycles. The number of hydrogen-bond acceptors (Lipinski definition) is 4. The van der Waals surface area contributed by atoms with E-state index in [1.807, 2.05) is 39.0 Å². The Hall–Kier alpha value is -2.82. The van der Waals surface area contributed by atoms with E-state index in [0.717, 1.165) is 11.1 Å². The van der Waals surface area contributed by atoms with Gasteiger partial charge in [-0.25, -0.2) is 5.43 Å². The van der Waals surface area contributed by atoms with Crippen molar-refractivity contribution in [3.63, 3.8) is 0 Å². The largest absolute Gasteiger partial charge is 0.507 e. The normalized spacial score (nSPS) is 10.8. The lowest BCUT2D eigenvalue weighted by atomic mass is 10.0. The molecule has 5 heteroatoms. The molecule has 2 aromatic rings. The molecular formula is C19H22N2O3. The predicted molar refractivity (Wildman–Crippen MR) is 94.6 cm³/mol. The highest BCUT2D eigenvalue weighted by atomic mass is 16.5. The summed E-state index contributed by atoms with van der Waals surface area (Å²) in [4.78, 5) is 12.0. The topological polar surface area (TPSA) is 70.9 Å². The number of carbonyl (C=O) groups excluding carboxylic acids is 1. The van der Waals surface area contributed by atoms with Gasteiger partial charge < -0.3 is 9.84 Å². The van der Waals surface area contributed by atoms with Crippen LogP contribution in [0.4, 0.5) is 0 Å². The van der Waals surface area contributed by atoms with Gasteiger partial charge in [0.25, 0.3) is 0 Å². The van der Waals surface area contributed by atoms with Crippen LogP contribution in [-0.4, -0.2) is 23.8 Å². The lowest BCUT2D eigenvalue weighted by molar-refractivity contribution is -0.120. The molecule has 0 aliphatic carbocycles. The fourth-order valence-electron chi connectivity index (χ4n) is 2.32. The van der Waals surface area contributed by atoms with Crippen LogP contribution < -0.4 is 10.2 Å². The molecule has 2 N–H and O–H groups in total. The van der Waals surface area contributed by atoms with Gasteiger partial charge >= 0.3 is 0 Å². The van der Waals surface area contributed by atoms with Gasteiger partial charge in [-0.1, -0.05) is 23.8 Å². The Balaban J connectivity index is 1.98. The van der Waals surface area contributed by atoms with E-state index in [4.69, 9.17) is 4.74 Å². The molecule has 0 aromatic heterocycles. The minimum Gasteiger partial charge on any atom is -0.507 e. The van der Waals surface area contributed by atoms with E-state index in [2.05, 4.69) is 10.5 Å². The third kappa shape index (κ3) is 4.84. The van der Waals surface area contributed by atoms with E-state index in [9.17, 15) is 9.90 Å². The van der Waals surface area contributed by atoms with Crippen LogP contribution in [0.15, 0.2) is 41.5 Å². The SMILES string of the molecule is CCOc1ccc(O)c(/C=N\NC(=O)Cc2ccc(C)cc2C)c1. The minimum absolute atomic E-state index is 0.0748. The fourth-order valence-corrected chi connectivity index (χ4v) is 2.32. The van der Waals surface area contributed by atoms with E-state index in [1.54, 1.807) is 12.1 Å². The van der Waals surface area contributed by atoms with Crippen LogP contribution in [0.1, 0.15) is 29.2 Å². The standard InChI is InChI=1S/C19H22N2O3/c1-4-24-17-7-8-18(22)16(10-17)12-20-21-19(23)11-15-6-5-13(2)9-14(15)3/h5-10,12,22H,4,11H2,1-3H3,(H,21,23)/b20-12-. The van der Waals surface area contributed by atoms with Gasteiger partial charge in [-0.3, -0.25) is 4.79 Å². The van der Waals surface area contributed by atoms with Crippen LogP contribution >= 0.6 is 0 Å². The first-order valence-electron chi connectivity index (χ1n) is 7.83. The van der Waals surface area contributed by atoms with Crippen LogP contribution in [0.2, 0.25) is 0 Å². The number of nitrogens with one attached hydrogen (secondary N) is 1. The van der Waals surface area contributed by atoms with Gasteiger partial charge in [-0.15, -0.1) is 0 Å². The second-order valence-corrected chi connectivity index (χ2v) is 5.55. The molecule has 0 atom stereocenters. The van der Waals surface area contributed by atoms with Crippen molar-refractivity contribution in [3.8, 4) is 11.5 Å². The highest BCUT2D eigenvalue weighted by Gasteiger charge is 2.06. The van der Waals surface area contributed by atoms with E-state index in [1.165, 1.54) is 17.8 Å². The lowest BCUT2D eigenvalue weighted by Gasteiger charge is -2.06. The van der Waals surface area contributed by atoms with E-state index in [-0.39, 0.29) is 18.1 Å². The van der Waals surface area contributed by atoms with Crippen LogP contribution in [0.25, 0.3) is 0 Å². The zero-order valence-electron chi connectivity index (χ0n) is 14.2. The second-order valence-electron chi connectivity index (χ2n) is 5.55. The van der Waals surface area contributed by atoms with E-state index < -0.39 is 0 Å². The maximum atomic E-state index is 12.0. The highest BCUT2D eigenvalue weighted by Crippen LogP contribution is 2.21. The van der Waals surface area contributed by atoms with Gasteiger partial charge in [0.2, 0.25) is 5.91 Å². The monoisotopic (exact) mass is 326 g/mol. The number of phenolic OH excluding ortho intramolecular Hbond substituents is 1. The average Bonchev–Trinajstić information content (AvgIpc) is 2.53. The molecule has 0 aliphatic heterocycles. The smallest absolute Gasteiger partial charge is 0.244 e. The van der Waals surface area contributed by atoms with Gasteiger partial charge in [0.05, 0.1) is 19.2 Å². The van der Waals surface area contributed by atoms with Crippen LogP contribution in [0.3, 0.4) is 0 Å². The molecule has 2 rings (SSSR count). The number of amides is 1. The molecule has 5 nitrogen and oxygen atoms in total. The number of ether oxygens (including phenoxy) is 1. The summed E-state index contributed by atoms with van der Waals surface area (Å²) in [6, 6.07) is 10.8. The van der Waals surface area contributed by atoms with Crippen molar-refractivity contribution < 1.29 is 14.6 Å². The van der Waals surface area contributed by atoms with Crippen molar-refractivity contribution >= 4 is 12.1 Å². The third-order valence-corrected chi connectivity index (χ3v) is 3.55. The maximum absolute atomic E-state index is 12.0. The number of carbonyl (C=O) groups is 1. The molecule has 24 heavy (non-hydrogen) atoms. The molecule has 126 valence electrons. The Morgan fingerprint density at radius 3 is 2.75 bits per heavy atom. The maximum Gasteiger partial charge on any atom is 0.244 e. The van der Waals surface area contributed by atoms with Crippen molar-refractivity contribution in [2.75, 3.05) is 6.61 Å². The van der Waals surface area contributed by atoms with Gasteiger partial charge in [0.1, 0.15) is 11.5 Å². The number of aromatic hydroxyl groups is 1. The summed E-state index contributed by atoms with van der Waals surface area (Å²) >= 11 is 0. The Labute approximate surface area is 142 Å². The van der Waals surface area contributed by atoms with Gasteiger partial charge in [-0.05, 0) is 50.1 Å². The van der Waals surface area contributed by atoms with Crippen molar-refractivity contribution in [1.29, 1.82) is 0 Å². The summed E-state index contributed by atoms with van der Waals surface area (Å²) < 4.78 is 5.37. The van der Waals surface area contributed by atoms with Crippen molar-refractivity contribution in [1.82, 2.24) is 5.43 Å². The summed E-state index contributed by atoms with van der Waals surface area (Å²) in [6.07, 6.45) is 1.66. The summed E-state index contributed by atoms with van der Waals surface area (Å²) in [5.41, 5.74) is 6.17. The number of rotatable bonds is 6. The van der Waals surface area contributed by atoms with Crippen LogP contribution in [-0.2, 0) is 11.2 Å². The molecule has 0 aliphatic rings. The number of nitrogens with zero attached hydrogens (tertiary/aromatic N) is 1. The van der Waals surface area contributed by atoms with Crippen molar-refractivity contribution in [3.05, 3.63) is 58.7 Å². The molecule has 2 aromatic carbocycles. The molecule has 0 radical (unpaired) electrons. The summed E-state index contributed by atoms with van der Waals surface area (Å²) in [5, 5.41) is 13.7. The van der Waals surface area contributed by atoms with Crippen molar-refractivity contribution in [2.24, 2.45) is 5.10 Å². The van der Waals surface area contributed by atoms with Gasteiger partial charge in [-0.2, -0.15) is 5.10 Å². The Kier molecular flexibility index (Phi) is 5.95. The third-order valence-electron chi connectivity index (χ3n) is 3.55. The molecule has 0 bridgehead atoms. The molecule has 0 saturated carbocycles. The minimum atomic E-state index is -0.210. The second kappa shape index (κ2) is 8.15. The molecule has 1 amide bonds. The van der Waals surface area contributed by atoms with Crippen molar-refractivity contribution in [2.45, 2.75) is 27.2 Å². The molecule has 0 fully saturated rings. The summed E-state index contributed by atoms with van der Waals surface area (Å²) in [6.45, 7) is 6.42. The Bertz CT molecular complexity index is 754. The first-order valence-corrected chi connectivity index (χ1v) is 7.83. The zero-order valence-corrected chi connectivity index (χ0v) is 14.2. The predicted octanol–water partition coefficient (Wildman–Crippen LogP) is 3.10.